The van der Waals surface area contributed by atoms with Gasteiger partial charge in [-0.15, -0.1) is 0 Å². The molecule has 3 aromatic rings. The quantitative estimate of drug-likeness (QED) is 0.472. The van der Waals surface area contributed by atoms with Crippen molar-refractivity contribution >= 4 is 40.2 Å². The van der Waals surface area contributed by atoms with Crippen molar-refractivity contribution in [3.05, 3.63) is 69.5 Å². The third-order valence-corrected chi connectivity index (χ3v) is 6.33. The Morgan fingerprint density at radius 1 is 1.17 bits per heavy atom. The van der Waals surface area contributed by atoms with E-state index in [1.165, 1.54) is 24.6 Å². The molecular formula is C22H22ClN3O2S. The average Bonchev–Trinajstić information content (AvgIpc) is 3.22. The summed E-state index contributed by atoms with van der Waals surface area (Å²) < 4.78 is 1.64. The van der Waals surface area contributed by atoms with Gasteiger partial charge in [-0.1, -0.05) is 66.5 Å². The Hall–Kier alpha value is -2.31. The number of halogens is 1. The molecule has 0 aliphatic heterocycles. The molecule has 2 aromatic carbocycles. The molecule has 7 heteroatoms. The average molecular weight is 428 g/mol. The van der Waals surface area contributed by atoms with E-state index < -0.39 is 0 Å². The van der Waals surface area contributed by atoms with Gasteiger partial charge in [-0.25, -0.2) is 4.98 Å². The highest BCUT2D eigenvalue weighted by Gasteiger charge is 2.18. The standard InChI is InChI=1S/C22H22ClN3O2S/c23-16-10-11-18-19(12-16)25-22(29-14-20(27)24-17-8-4-5-9-17)26(21(18)28)13-15-6-2-1-3-7-15/h1-3,6-7,10-12,17H,4-5,8-9,13-14H2,(H,24,27). The predicted octanol–water partition coefficient (Wildman–Crippen LogP) is 4.25. The zero-order valence-corrected chi connectivity index (χ0v) is 17.5. The molecule has 4 rings (SSSR count). The van der Waals surface area contributed by atoms with Crippen molar-refractivity contribution < 1.29 is 4.79 Å². The fourth-order valence-electron chi connectivity index (χ4n) is 3.66. The van der Waals surface area contributed by atoms with Gasteiger partial charge in [-0.3, -0.25) is 14.2 Å². The maximum Gasteiger partial charge on any atom is 0.262 e. The van der Waals surface area contributed by atoms with Gasteiger partial charge in [0.2, 0.25) is 5.91 Å². The fraction of sp³-hybridized carbons (Fsp3) is 0.318. The van der Waals surface area contributed by atoms with Gasteiger partial charge in [-0.2, -0.15) is 0 Å². The van der Waals surface area contributed by atoms with Crippen LogP contribution in [0.4, 0.5) is 0 Å². The molecule has 1 amide bonds. The van der Waals surface area contributed by atoms with Crippen molar-refractivity contribution in [2.45, 2.75) is 43.4 Å². The molecule has 0 spiro atoms. The molecule has 5 nitrogen and oxygen atoms in total. The van der Waals surface area contributed by atoms with Crippen molar-refractivity contribution in [2.24, 2.45) is 0 Å². The highest BCUT2D eigenvalue weighted by molar-refractivity contribution is 7.99. The molecule has 1 aromatic heterocycles. The van der Waals surface area contributed by atoms with Crippen LogP contribution in [-0.4, -0.2) is 27.3 Å². The normalized spacial score (nSPS) is 14.4. The van der Waals surface area contributed by atoms with E-state index in [1.54, 1.807) is 22.8 Å². The Morgan fingerprint density at radius 2 is 1.93 bits per heavy atom. The zero-order chi connectivity index (χ0) is 20.2. The van der Waals surface area contributed by atoms with Crippen LogP contribution in [0.25, 0.3) is 10.9 Å². The maximum absolute atomic E-state index is 13.2. The van der Waals surface area contributed by atoms with E-state index >= 15 is 0 Å². The summed E-state index contributed by atoms with van der Waals surface area (Å²) in [5.74, 6) is 0.206. The number of carbonyl (C=O) groups excluding carboxylic acids is 1. The summed E-state index contributed by atoms with van der Waals surface area (Å²) >= 11 is 7.39. The number of nitrogens with zero attached hydrogens (tertiary/aromatic N) is 2. The topological polar surface area (TPSA) is 64.0 Å². The first-order valence-electron chi connectivity index (χ1n) is 9.76. The second-order valence-corrected chi connectivity index (χ2v) is 8.65. The van der Waals surface area contributed by atoms with Gasteiger partial charge in [0.1, 0.15) is 0 Å². The van der Waals surface area contributed by atoms with Crippen molar-refractivity contribution in [3.8, 4) is 0 Å². The Balaban J connectivity index is 1.63. The van der Waals surface area contributed by atoms with Crippen molar-refractivity contribution in [2.75, 3.05) is 5.75 Å². The van der Waals surface area contributed by atoms with E-state index in [2.05, 4.69) is 10.3 Å². The first kappa shape index (κ1) is 20.0. The van der Waals surface area contributed by atoms with Crippen molar-refractivity contribution in [3.63, 3.8) is 0 Å². The second-order valence-electron chi connectivity index (χ2n) is 7.27. The monoisotopic (exact) mass is 427 g/mol. The van der Waals surface area contributed by atoms with Crippen LogP contribution in [0.2, 0.25) is 5.02 Å². The van der Waals surface area contributed by atoms with Gasteiger partial charge in [0, 0.05) is 11.1 Å². The number of benzene rings is 2. The van der Waals surface area contributed by atoms with E-state index in [-0.39, 0.29) is 23.3 Å². The van der Waals surface area contributed by atoms with Crippen molar-refractivity contribution in [1.29, 1.82) is 0 Å². The predicted molar refractivity (Wildman–Crippen MR) is 118 cm³/mol. The van der Waals surface area contributed by atoms with Crippen LogP contribution in [0.1, 0.15) is 31.2 Å². The first-order chi connectivity index (χ1) is 14.1. The Labute approximate surface area is 178 Å². The largest absolute Gasteiger partial charge is 0.353 e. The highest BCUT2D eigenvalue weighted by Crippen LogP contribution is 2.22. The van der Waals surface area contributed by atoms with Crippen LogP contribution >= 0.6 is 23.4 Å². The van der Waals surface area contributed by atoms with E-state index in [0.717, 1.165) is 18.4 Å². The summed E-state index contributed by atoms with van der Waals surface area (Å²) in [4.78, 5) is 30.2. The first-order valence-corrected chi connectivity index (χ1v) is 11.1. The van der Waals surface area contributed by atoms with Crippen LogP contribution in [0, 0.1) is 0 Å². The molecule has 29 heavy (non-hydrogen) atoms. The number of hydrogen-bond donors (Lipinski definition) is 1. The number of carbonyl (C=O) groups is 1. The molecule has 1 aliphatic rings. The third-order valence-electron chi connectivity index (χ3n) is 5.12. The van der Waals surface area contributed by atoms with E-state index in [4.69, 9.17) is 11.6 Å². The van der Waals surface area contributed by atoms with Crippen LogP contribution in [0.5, 0.6) is 0 Å². The molecule has 1 fully saturated rings. The Morgan fingerprint density at radius 3 is 2.69 bits per heavy atom. The summed E-state index contributed by atoms with van der Waals surface area (Å²) in [7, 11) is 0. The van der Waals surface area contributed by atoms with Gasteiger partial charge in [0.15, 0.2) is 5.16 Å². The molecule has 1 N–H and O–H groups in total. The second kappa shape index (κ2) is 9.01. The SMILES string of the molecule is O=C(CSc1nc2cc(Cl)ccc2c(=O)n1Cc1ccccc1)NC1CCCC1. The minimum atomic E-state index is -0.130. The van der Waals surface area contributed by atoms with Gasteiger partial charge in [-0.05, 0) is 36.6 Å². The molecule has 1 heterocycles. The number of fused-ring (bicyclic) bond motifs is 1. The lowest BCUT2D eigenvalue weighted by molar-refractivity contribution is -0.119. The summed E-state index contributed by atoms with van der Waals surface area (Å²) in [6.07, 6.45) is 4.42. The summed E-state index contributed by atoms with van der Waals surface area (Å²) in [5, 5.41) is 4.65. The zero-order valence-electron chi connectivity index (χ0n) is 15.9. The number of nitrogens with one attached hydrogen (secondary N) is 1. The maximum atomic E-state index is 13.2. The lowest BCUT2D eigenvalue weighted by atomic mass is 10.2. The smallest absolute Gasteiger partial charge is 0.262 e. The number of hydrogen-bond acceptors (Lipinski definition) is 4. The van der Waals surface area contributed by atoms with Gasteiger partial charge in [0.25, 0.3) is 5.56 Å². The molecule has 150 valence electrons. The van der Waals surface area contributed by atoms with Gasteiger partial charge >= 0.3 is 0 Å². The number of amides is 1. The molecular weight excluding hydrogens is 406 g/mol. The lowest BCUT2D eigenvalue weighted by Gasteiger charge is -2.15. The molecule has 0 saturated heterocycles. The number of thioether (sulfide) groups is 1. The van der Waals surface area contributed by atoms with Gasteiger partial charge < -0.3 is 5.32 Å². The van der Waals surface area contributed by atoms with Crippen LogP contribution < -0.4 is 10.9 Å². The summed E-state index contributed by atoms with van der Waals surface area (Å²) in [6, 6.07) is 15.1. The minimum absolute atomic E-state index is 0.0198. The fourth-order valence-corrected chi connectivity index (χ4v) is 4.64. The summed E-state index contributed by atoms with van der Waals surface area (Å²) in [5.41, 5.74) is 1.42. The number of aromatic nitrogens is 2. The lowest BCUT2D eigenvalue weighted by Crippen LogP contribution is -2.34. The van der Waals surface area contributed by atoms with Crippen molar-refractivity contribution in [1.82, 2.24) is 14.9 Å². The number of rotatable bonds is 6. The molecule has 1 aliphatic carbocycles. The van der Waals surface area contributed by atoms with Crippen LogP contribution in [-0.2, 0) is 11.3 Å². The molecule has 0 atom stereocenters. The van der Waals surface area contributed by atoms with Crippen LogP contribution in [0.15, 0.2) is 58.5 Å². The molecule has 0 unspecified atom stereocenters. The van der Waals surface area contributed by atoms with E-state index in [1.807, 2.05) is 30.3 Å². The van der Waals surface area contributed by atoms with E-state index in [9.17, 15) is 9.59 Å². The Kier molecular flexibility index (Phi) is 6.21. The summed E-state index contributed by atoms with van der Waals surface area (Å²) in [6.45, 7) is 0.401. The molecule has 0 radical (unpaired) electrons. The van der Waals surface area contributed by atoms with E-state index in [0.29, 0.717) is 27.6 Å². The van der Waals surface area contributed by atoms with Crippen LogP contribution in [0.3, 0.4) is 0 Å². The highest BCUT2D eigenvalue weighted by atomic mass is 35.5. The molecule has 0 bridgehead atoms. The third kappa shape index (κ3) is 4.82. The molecule has 1 saturated carbocycles. The minimum Gasteiger partial charge on any atom is -0.353 e. The van der Waals surface area contributed by atoms with Gasteiger partial charge in [0.05, 0.1) is 23.2 Å². The Bertz CT molecular complexity index is 1080.